The molecule has 2 aliphatic carbocycles. The van der Waals surface area contributed by atoms with Crippen LogP contribution in [0.15, 0.2) is 211 Å². The smallest absolute Gasteiger partial charge is 0.163 e. The molecule has 5 nitrogen and oxygen atoms in total. The Kier molecular flexibility index (Phi) is 9.08. The van der Waals surface area contributed by atoms with E-state index >= 15 is 0 Å². The van der Waals surface area contributed by atoms with Gasteiger partial charge in [-0.3, -0.25) is 0 Å². The van der Waals surface area contributed by atoms with Gasteiger partial charge in [0.1, 0.15) is 22.8 Å². The van der Waals surface area contributed by atoms with Crippen molar-refractivity contribution in [3.05, 3.63) is 218 Å². The SMILES string of the molecule is CC1(c2nc(-c3cc(N(c4ccc(-c5ccccc5)cc4)c4ccc(-c5ccccc5)cc4)c4c(c3)oc3cc5ccccc5cc34)nc(C3C=CC=CC3)n2)C=CC=CC1. The van der Waals surface area contributed by atoms with Crippen LogP contribution in [0.2, 0.25) is 0 Å². The summed E-state index contributed by atoms with van der Waals surface area (Å²) >= 11 is 0. The summed E-state index contributed by atoms with van der Waals surface area (Å²) in [6.07, 6.45) is 18.8. The lowest BCUT2D eigenvalue weighted by Crippen LogP contribution is -2.25. The highest BCUT2D eigenvalue weighted by Crippen LogP contribution is 2.46. The van der Waals surface area contributed by atoms with Gasteiger partial charge in [0, 0.05) is 33.7 Å². The molecule has 0 saturated carbocycles. The fraction of sp³-hybridized carbons (Fsp3) is 0.0893. The van der Waals surface area contributed by atoms with E-state index in [1.807, 2.05) is 0 Å². The minimum Gasteiger partial charge on any atom is -0.456 e. The standard InChI is InChI=1S/C56H42N4O/c1-56(32-14-5-15-33-56)55-58-53(42-20-10-4-11-21-42)57-54(59-55)45-35-49(52-48-34-43-22-12-13-23-44(43)36-50(48)61-51(52)37-45)60(46-28-24-40(25-29-46)38-16-6-2-7-17-38)47-30-26-41(27-31-47)39-18-8-3-9-19-39/h2-20,22-32,34-37,42H,21,33H2,1H3. The second-order valence-corrected chi connectivity index (χ2v) is 16.2. The van der Waals surface area contributed by atoms with Crippen LogP contribution in [0.5, 0.6) is 0 Å². The van der Waals surface area contributed by atoms with Gasteiger partial charge >= 0.3 is 0 Å². The largest absolute Gasteiger partial charge is 0.456 e. The molecule has 0 radical (unpaired) electrons. The lowest BCUT2D eigenvalue weighted by Gasteiger charge is -2.28. The van der Waals surface area contributed by atoms with E-state index in [0.717, 1.165) is 91.0 Å². The number of rotatable bonds is 8. The minimum atomic E-state index is -0.380. The Morgan fingerprint density at radius 2 is 1.18 bits per heavy atom. The van der Waals surface area contributed by atoms with E-state index in [0.29, 0.717) is 5.82 Å². The number of hydrogen-bond acceptors (Lipinski definition) is 5. The molecule has 0 amide bonds. The van der Waals surface area contributed by atoms with Crippen molar-refractivity contribution in [2.45, 2.75) is 31.1 Å². The van der Waals surface area contributed by atoms with Crippen LogP contribution in [0, 0.1) is 0 Å². The summed E-state index contributed by atoms with van der Waals surface area (Å²) < 4.78 is 6.91. The van der Waals surface area contributed by atoms with Crippen molar-refractivity contribution in [3.8, 4) is 33.6 Å². The topological polar surface area (TPSA) is 55.1 Å². The molecular weight excluding hydrogens is 745 g/mol. The molecule has 2 heterocycles. The van der Waals surface area contributed by atoms with Crippen LogP contribution < -0.4 is 4.90 Å². The fourth-order valence-corrected chi connectivity index (χ4v) is 8.78. The quantitative estimate of drug-likeness (QED) is 0.154. The summed E-state index contributed by atoms with van der Waals surface area (Å²) in [5.74, 6) is 2.20. The lowest BCUT2D eigenvalue weighted by molar-refractivity contribution is 0.544. The van der Waals surface area contributed by atoms with Crippen molar-refractivity contribution >= 4 is 49.8 Å². The summed E-state index contributed by atoms with van der Waals surface area (Å²) in [5.41, 5.74) is 9.72. The lowest BCUT2D eigenvalue weighted by atomic mass is 9.82. The summed E-state index contributed by atoms with van der Waals surface area (Å²) in [4.78, 5) is 18.2. The zero-order valence-electron chi connectivity index (χ0n) is 33.8. The van der Waals surface area contributed by atoms with Gasteiger partial charge in [0.05, 0.1) is 11.1 Å². The predicted octanol–water partition coefficient (Wildman–Crippen LogP) is 14.8. The Morgan fingerprint density at radius 3 is 1.80 bits per heavy atom. The third-order valence-electron chi connectivity index (χ3n) is 12.1. The second kappa shape index (κ2) is 15.2. The highest BCUT2D eigenvalue weighted by molar-refractivity contribution is 6.17. The molecule has 0 N–H and O–H groups in total. The third-order valence-corrected chi connectivity index (χ3v) is 12.1. The number of hydrogen-bond donors (Lipinski definition) is 0. The molecule has 0 saturated heterocycles. The molecule has 7 aromatic carbocycles. The van der Waals surface area contributed by atoms with Gasteiger partial charge in [-0.25, -0.2) is 15.0 Å². The maximum absolute atomic E-state index is 6.91. The first-order valence-corrected chi connectivity index (χ1v) is 21.0. The first-order chi connectivity index (χ1) is 30.1. The van der Waals surface area contributed by atoms with Gasteiger partial charge in [0.25, 0.3) is 0 Å². The second-order valence-electron chi connectivity index (χ2n) is 16.2. The van der Waals surface area contributed by atoms with Gasteiger partial charge in [-0.1, -0.05) is 158 Å². The van der Waals surface area contributed by atoms with Gasteiger partial charge < -0.3 is 9.32 Å². The van der Waals surface area contributed by atoms with Gasteiger partial charge in [-0.05, 0) is 101 Å². The monoisotopic (exact) mass is 786 g/mol. The normalized spacial score (nSPS) is 17.1. The summed E-state index contributed by atoms with van der Waals surface area (Å²) in [6, 6.07) is 56.0. The Hall–Kier alpha value is -7.63. The van der Waals surface area contributed by atoms with Crippen molar-refractivity contribution < 1.29 is 4.42 Å². The molecular formula is C56H42N4O. The number of furan rings is 1. The Bertz CT molecular complexity index is 3110. The molecule has 292 valence electrons. The maximum atomic E-state index is 6.91. The molecule has 0 spiro atoms. The van der Waals surface area contributed by atoms with Crippen molar-refractivity contribution in [1.29, 1.82) is 0 Å². The number of nitrogens with zero attached hydrogens (tertiary/aromatic N) is 4. The van der Waals surface area contributed by atoms with Crippen molar-refractivity contribution in [3.63, 3.8) is 0 Å². The van der Waals surface area contributed by atoms with Crippen LogP contribution in [-0.2, 0) is 5.41 Å². The van der Waals surface area contributed by atoms with Gasteiger partial charge in [-0.15, -0.1) is 0 Å². The zero-order chi connectivity index (χ0) is 40.8. The van der Waals surface area contributed by atoms with Crippen LogP contribution >= 0.6 is 0 Å². The van der Waals surface area contributed by atoms with Gasteiger partial charge in [-0.2, -0.15) is 0 Å². The average Bonchev–Trinajstić information content (AvgIpc) is 3.69. The molecule has 2 aliphatic rings. The number of fused-ring (bicyclic) bond motifs is 4. The van der Waals surface area contributed by atoms with Crippen molar-refractivity contribution in [2.24, 2.45) is 0 Å². The van der Waals surface area contributed by atoms with E-state index in [4.69, 9.17) is 19.4 Å². The molecule has 0 aliphatic heterocycles. The Labute approximate surface area is 355 Å². The zero-order valence-corrected chi connectivity index (χ0v) is 33.8. The number of allylic oxidation sites excluding steroid dienone is 8. The molecule has 9 aromatic rings. The third kappa shape index (κ3) is 6.84. The Morgan fingerprint density at radius 1 is 0.557 bits per heavy atom. The van der Waals surface area contributed by atoms with Crippen molar-refractivity contribution in [2.75, 3.05) is 4.90 Å². The summed E-state index contributed by atoms with van der Waals surface area (Å²) in [6.45, 7) is 2.21. The molecule has 5 heteroatoms. The molecule has 0 bridgehead atoms. The molecule has 11 rings (SSSR count). The maximum Gasteiger partial charge on any atom is 0.163 e. The minimum absolute atomic E-state index is 0.0433. The van der Waals surface area contributed by atoms with Crippen LogP contribution in [0.1, 0.15) is 37.3 Å². The Balaban J connectivity index is 1.17. The van der Waals surface area contributed by atoms with Crippen LogP contribution in [0.4, 0.5) is 17.1 Å². The number of aromatic nitrogens is 3. The van der Waals surface area contributed by atoms with E-state index in [-0.39, 0.29) is 11.3 Å². The van der Waals surface area contributed by atoms with E-state index in [1.165, 1.54) is 11.1 Å². The number of anilines is 3. The molecule has 2 atom stereocenters. The first-order valence-electron chi connectivity index (χ1n) is 21.0. The highest BCUT2D eigenvalue weighted by Gasteiger charge is 2.30. The summed E-state index contributed by atoms with van der Waals surface area (Å²) in [5, 5.41) is 4.35. The van der Waals surface area contributed by atoms with E-state index in [1.54, 1.807) is 0 Å². The molecule has 2 unspecified atom stereocenters. The molecule has 61 heavy (non-hydrogen) atoms. The van der Waals surface area contributed by atoms with Crippen LogP contribution in [0.25, 0.3) is 66.4 Å². The van der Waals surface area contributed by atoms with Crippen LogP contribution in [-0.4, -0.2) is 15.0 Å². The highest BCUT2D eigenvalue weighted by atomic mass is 16.3. The van der Waals surface area contributed by atoms with Gasteiger partial charge in [0.15, 0.2) is 5.82 Å². The summed E-state index contributed by atoms with van der Waals surface area (Å²) in [7, 11) is 0. The van der Waals surface area contributed by atoms with Crippen LogP contribution in [0.3, 0.4) is 0 Å². The molecule has 2 aromatic heterocycles. The van der Waals surface area contributed by atoms with E-state index in [9.17, 15) is 0 Å². The fourth-order valence-electron chi connectivity index (χ4n) is 8.78. The number of benzene rings is 7. The van der Waals surface area contributed by atoms with Gasteiger partial charge in [0.2, 0.25) is 0 Å². The predicted molar refractivity (Wildman–Crippen MR) is 251 cm³/mol. The molecule has 0 fully saturated rings. The average molecular weight is 787 g/mol. The van der Waals surface area contributed by atoms with Crippen molar-refractivity contribution in [1.82, 2.24) is 15.0 Å². The van der Waals surface area contributed by atoms with E-state index in [2.05, 4.69) is 218 Å². The van der Waals surface area contributed by atoms with E-state index < -0.39 is 0 Å². The first kappa shape index (κ1) is 36.4.